The number of rotatable bonds is 9. The van der Waals surface area contributed by atoms with Crippen LogP contribution in [0.1, 0.15) is 47.2 Å². The second kappa shape index (κ2) is 11.2. The van der Waals surface area contributed by atoms with Crippen LogP contribution in [0.2, 0.25) is 0 Å². The quantitative estimate of drug-likeness (QED) is 0.442. The summed E-state index contributed by atoms with van der Waals surface area (Å²) in [5.74, 6) is 1.28. The number of hydrogen-bond acceptors (Lipinski definition) is 6. The molecule has 3 aromatic rings. The summed E-state index contributed by atoms with van der Waals surface area (Å²) in [4.78, 5) is 25.3. The third-order valence-corrected chi connectivity index (χ3v) is 6.31. The van der Waals surface area contributed by atoms with E-state index >= 15 is 0 Å². The molecular weight excluding hydrogens is 450 g/mol. The monoisotopic (exact) mass is 481 g/mol. The lowest BCUT2D eigenvalue weighted by molar-refractivity contribution is -0.113. The second-order valence-electron chi connectivity index (χ2n) is 8.54. The molecule has 2 N–H and O–H groups in total. The molecule has 0 fully saturated rings. The Morgan fingerprint density at radius 1 is 1.06 bits per heavy atom. The van der Waals surface area contributed by atoms with Gasteiger partial charge in [0.1, 0.15) is 5.75 Å². The molecule has 0 unspecified atom stereocenters. The highest BCUT2D eigenvalue weighted by Crippen LogP contribution is 2.25. The van der Waals surface area contributed by atoms with Gasteiger partial charge in [0.2, 0.25) is 5.91 Å². The maximum absolute atomic E-state index is 12.8. The van der Waals surface area contributed by atoms with Gasteiger partial charge in [-0.25, -0.2) is 0 Å². The number of aromatic nitrogens is 3. The van der Waals surface area contributed by atoms with Crippen molar-refractivity contribution in [3.63, 3.8) is 0 Å². The summed E-state index contributed by atoms with van der Waals surface area (Å²) in [5.41, 5.74) is 3.50. The molecule has 0 saturated carbocycles. The van der Waals surface area contributed by atoms with Crippen molar-refractivity contribution in [2.24, 2.45) is 13.0 Å². The van der Waals surface area contributed by atoms with Crippen molar-refractivity contribution in [3.8, 4) is 5.75 Å². The molecule has 1 heterocycles. The first kappa shape index (κ1) is 25.3. The number of amides is 2. The Kier molecular flexibility index (Phi) is 8.33. The third-order valence-electron chi connectivity index (χ3n) is 5.29. The maximum Gasteiger partial charge on any atom is 0.251 e. The summed E-state index contributed by atoms with van der Waals surface area (Å²) in [6.45, 7) is 8.02. The molecule has 3 rings (SSSR count). The summed E-state index contributed by atoms with van der Waals surface area (Å²) < 4.78 is 6.98. The average molecular weight is 482 g/mol. The molecule has 0 bridgehead atoms. The molecule has 1 atom stereocenters. The molecule has 0 radical (unpaired) electrons. The van der Waals surface area contributed by atoms with Crippen LogP contribution in [0.3, 0.4) is 0 Å². The molecule has 180 valence electrons. The zero-order chi connectivity index (χ0) is 24.8. The van der Waals surface area contributed by atoms with Gasteiger partial charge in [0.25, 0.3) is 5.91 Å². The number of aryl methyl sites for hydroxylation is 2. The van der Waals surface area contributed by atoms with E-state index in [0.29, 0.717) is 22.3 Å². The van der Waals surface area contributed by atoms with Crippen LogP contribution in [0.5, 0.6) is 5.75 Å². The predicted molar refractivity (Wildman–Crippen MR) is 134 cm³/mol. The fourth-order valence-corrected chi connectivity index (χ4v) is 4.31. The summed E-state index contributed by atoms with van der Waals surface area (Å²) in [5, 5.41) is 15.2. The smallest absolute Gasteiger partial charge is 0.251 e. The number of hydrogen-bond donors (Lipinski definition) is 2. The van der Waals surface area contributed by atoms with Crippen molar-refractivity contribution >= 4 is 29.3 Å². The largest absolute Gasteiger partial charge is 0.497 e. The molecule has 2 aromatic carbocycles. The molecule has 0 aliphatic rings. The molecular formula is C25H31N5O3S. The zero-order valence-corrected chi connectivity index (χ0v) is 21.2. The summed E-state index contributed by atoms with van der Waals surface area (Å²) >= 11 is 1.30. The molecule has 1 aromatic heterocycles. The Balaban J connectivity index is 1.66. The molecule has 9 heteroatoms. The van der Waals surface area contributed by atoms with Gasteiger partial charge in [0.05, 0.1) is 18.9 Å². The van der Waals surface area contributed by atoms with E-state index in [2.05, 4.69) is 26.9 Å². The van der Waals surface area contributed by atoms with Crippen LogP contribution in [-0.2, 0) is 11.8 Å². The van der Waals surface area contributed by atoms with Gasteiger partial charge in [-0.15, -0.1) is 10.2 Å². The highest BCUT2D eigenvalue weighted by molar-refractivity contribution is 7.99. The molecule has 0 aliphatic heterocycles. The van der Waals surface area contributed by atoms with Gasteiger partial charge in [-0.2, -0.15) is 0 Å². The summed E-state index contributed by atoms with van der Waals surface area (Å²) in [6.07, 6.45) is 0. The van der Waals surface area contributed by atoms with Crippen molar-refractivity contribution in [2.75, 3.05) is 18.2 Å². The normalized spacial score (nSPS) is 11.9. The van der Waals surface area contributed by atoms with Gasteiger partial charge in [0, 0.05) is 18.3 Å². The second-order valence-corrected chi connectivity index (χ2v) is 9.48. The summed E-state index contributed by atoms with van der Waals surface area (Å²) in [7, 11) is 3.43. The van der Waals surface area contributed by atoms with Crippen molar-refractivity contribution < 1.29 is 14.3 Å². The van der Waals surface area contributed by atoms with Gasteiger partial charge >= 0.3 is 0 Å². The molecule has 0 spiro atoms. The molecule has 2 amide bonds. The van der Waals surface area contributed by atoms with Gasteiger partial charge in [0.15, 0.2) is 11.0 Å². The Morgan fingerprint density at radius 3 is 2.29 bits per heavy atom. The van der Waals surface area contributed by atoms with Crippen LogP contribution < -0.4 is 15.4 Å². The van der Waals surface area contributed by atoms with Gasteiger partial charge in [-0.1, -0.05) is 31.7 Å². The van der Waals surface area contributed by atoms with Crippen LogP contribution in [0, 0.1) is 19.8 Å². The number of carbonyl (C=O) groups excluding carboxylic acids is 2. The highest BCUT2D eigenvalue weighted by Gasteiger charge is 2.25. The van der Waals surface area contributed by atoms with E-state index in [9.17, 15) is 9.59 Å². The number of nitrogens with one attached hydrogen (secondary N) is 2. The zero-order valence-electron chi connectivity index (χ0n) is 20.4. The van der Waals surface area contributed by atoms with Crippen LogP contribution in [0.15, 0.2) is 47.6 Å². The number of thioether (sulfide) groups is 1. The summed E-state index contributed by atoms with van der Waals surface area (Å²) in [6, 6.07) is 12.5. The number of methoxy groups -OCH3 is 1. The van der Waals surface area contributed by atoms with E-state index in [-0.39, 0.29) is 29.5 Å². The van der Waals surface area contributed by atoms with Crippen molar-refractivity contribution in [1.82, 2.24) is 20.1 Å². The first-order valence-corrected chi connectivity index (χ1v) is 12.0. The number of ether oxygens (including phenoxy) is 1. The van der Waals surface area contributed by atoms with E-state index in [1.807, 2.05) is 51.4 Å². The Morgan fingerprint density at radius 2 is 1.71 bits per heavy atom. The minimum absolute atomic E-state index is 0.0795. The number of benzene rings is 2. The van der Waals surface area contributed by atoms with Crippen molar-refractivity contribution in [2.45, 2.75) is 38.9 Å². The first-order valence-electron chi connectivity index (χ1n) is 11.0. The van der Waals surface area contributed by atoms with Crippen LogP contribution in [0.4, 0.5) is 5.69 Å². The van der Waals surface area contributed by atoms with Crippen molar-refractivity contribution in [3.05, 3.63) is 65.0 Å². The Hall–Kier alpha value is -3.33. The van der Waals surface area contributed by atoms with E-state index in [1.54, 1.807) is 31.4 Å². The first-order chi connectivity index (χ1) is 16.2. The van der Waals surface area contributed by atoms with Crippen LogP contribution in [0.25, 0.3) is 0 Å². The van der Waals surface area contributed by atoms with Crippen LogP contribution in [-0.4, -0.2) is 39.4 Å². The SMILES string of the molecule is COc1ccc(C(=O)N[C@H](c2nnc(SCC(=O)Nc3cc(C)cc(C)c3)n2C)C(C)C)cc1. The average Bonchev–Trinajstić information content (AvgIpc) is 3.15. The Labute approximate surface area is 204 Å². The standard InChI is InChI=1S/C25H31N5O3S/c1-15(2)22(27-24(32)18-7-9-20(33-6)10-8-18)23-28-29-25(30(23)5)34-14-21(31)26-19-12-16(3)11-17(4)13-19/h7-13,15,22H,14H2,1-6H3,(H,26,31)(H,27,32)/t22-/m0/s1. The third kappa shape index (κ3) is 6.38. The van der Waals surface area contributed by atoms with Crippen LogP contribution >= 0.6 is 11.8 Å². The molecule has 8 nitrogen and oxygen atoms in total. The lowest BCUT2D eigenvalue weighted by Crippen LogP contribution is -2.33. The van der Waals surface area contributed by atoms with E-state index < -0.39 is 0 Å². The fourth-order valence-electron chi connectivity index (χ4n) is 3.59. The lowest BCUT2D eigenvalue weighted by Gasteiger charge is -2.21. The van der Waals surface area contributed by atoms with E-state index in [1.165, 1.54) is 11.8 Å². The lowest BCUT2D eigenvalue weighted by atomic mass is 10.0. The maximum atomic E-state index is 12.8. The van der Waals surface area contributed by atoms with Gasteiger partial charge < -0.3 is 19.9 Å². The number of nitrogens with zero attached hydrogens (tertiary/aromatic N) is 3. The minimum Gasteiger partial charge on any atom is -0.497 e. The number of carbonyl (C=O) groups is 2. The van der Waals surface area contributed by atoms with Crippen molar-refractivity contribution in [1.29, 1.82) is 0 Å². The predicted octanol–water partition coefficient (Wildman–Crippen LogP) is 4.30. The van der Waals surface area contributed by atoms with E-state index in [0.717, 1.165) is 16.8 Å². The van der Waals surface area contributed by atoms with Gasteiger partial charge in [-0.05, 0) is 67.3 Å². The minimum atomic E-state index is -0.342. The highest BCUT2D eigenvalue weighted by atomic mass is 32.2. The number of anilines is 1. The topological polar surface area (TPSA) is 98.1 Å². The molecule has 34 heavy (non-hydrogen) atoms. The Bertz CT molecular complexity index is 1140. The molecule has 0 saturated heterocycles. The fraction of sp³-hybridized carbons (Fsp3) is 0.360. The van der Waals surface area contributed by atoms with Gasteiger partial charge in [-0.3, -0.25) is 9.59 Å². The molecule has 0 aliphatic carbocycles. The van der Waals surface area contributed by atoms with E-state index in [4.69, 9.17) is 4.74 Å².